The average Bonchev–Trinajstić information content (AvgIpc) is 2.75. The average molecular weight is 258 g/mol. The van der Waals surface area contributed by atoms with Crippen LogP contribution in [0.5, 0.6) is 0 Å². The van der Waals surface area contributed by atoms with Crippen LogP contribution >= 0.6 is 0 Å². The molecule has 2 nitrogen and oxygen atoms in total. The van der Waals surface area contributed by atoms with Gasteiger partial charge in [0.25, 0.3) is 0 Å². The highest BCUT2D eigenvalue weighted by Gasteiger charge is 2.29. The first-order chi connectivity index (χ1) is 9.36. The minimum absolute atomic E-state index is 0.172. The number of allylic oxidation sites excluding steroid dienone is 1. The third kappa shape index (κ3) is 2.75. The fourth-order valence-electron chi connectivity index (χ4n) is 3.19. The maximum Gasteiger partial charge on any atom is 0.112 e. The molecule has 2 unspecified atom stereocenters. The summed E-state index contributed by atoms with van der Waals surface area (Å²) in [6.07, 6.45) is 8.37. The minimum atomic E-state index is -0.473. The SMILES string of the molecule is OC(C1=CCCCCC1)C1OCCc2ccccc21. The van der Waals surface area contributed by atoms with Gasteiger partial charge in [0.15, 0.2) is 0 Å². The molecule has 102 valence electrons. The van der Waals surface area contributed by atoms with E-state index in [0.717, 1.165) is 19.3 Å². The van der Waals surface area contributed by atoms with Crippen molar-refractivity contribution in [2.45, 2.75) is 50.7 Å². The molecule has 1 aliphatic heterocycles. The Morgan fingerprint density at radius 1 is 1.11 bits per heavy atom. The van der Waals surface area contributed by atoms with Gasteiger partial charge in [0.05, 0.1) is 6.61 Å². The van der Waals surface area contributed by atoms with E-state index in [0.29, 0.717) is 6.61 Å². The largest absolute Gasteiger partial charge is 0.386 e. The van der Waals surface area contributed by atoms with Gasteiger partial charge in [0, 0.05) is 0 Å². The molecule has 1 aromatic rings. The van der Waals surface area contributed by atoms with E-state index in [2.05, 4.69) is 24.3 Å². The summed E-state index contributed by atoms with van der Waals surface area (Å²) in [5.41, 5.74) is 3.68. The molecule has 3 rings (SSSR count). The number of rotatable bonds is 2. The Morgan fingerprint density at radius 2 is 2.00 bits per heavy atom. The van der Waals surface area contributed by atoms with Crippen LogP contribution in [0.25, 0.3) is 0 Å². The highest BCUT2D eigenvalue weighted by molar-refractivity contribution is 5.33. The van der Waals surface area contributed by atoms with E-state index in [1.165, 1.54) is 36.0 Å². The zero-order chi connectivity index (χ0) is 13.1. The number of benzene rings is 1. The van der Waals surface area contributed by atoms with E-state index in [-0.39, 0.29) is 6.10 Å². The fourth-order valence-corrected chi connectivity index (χ4v) is 3.19. The molecule has 2 heteroatoms. The van der Waals surface area contributed by atoms with Crippen molar-refractivity contribution in [2.24, 2.45) is 0 Å². The summed E-state index contributed by atoms with van der Waals surface area (Å²) in [7, 11) is 0. The van der Waals surface area contributed by atoms with Gasteiger partial charge in [-0.3, -0.25) is 0 Å². The molecule has 0 fully saturated rings. The Labute approximate surface area is 115 Å². The molecule has 0 aromatic heterocycles. The maximum atomic E-state index is 10.7. The van der Waals surface area contributed by atoms with E-state index in [9.17, 15) is 5.11 Å². The second kappa shape index (κ2) is 5.89. The highest BCUT2D eigenvalue weighted by Crippen LogP contribution is 2.34. The smallest absolute Gasteiger partial charge is 0.112 e. The lowest BCUT2D eigenvalue weighted by atomic mass is 9.90. The summed E-state index contributed by atoms with van der Waals surface area (Å²) in [6.45, 7) is 0.714. The van der Waals surface area contributed by atoms with Crippen molar-refractivity contribution in [2.75, 3.05) is 6.61 Å². The molecule has 1 heterocycles. The van der Waals surface area contributed by atoms with Crippen molar-refractivity contribution >= 4 is 0 Å². The first kappa shape index (κ1) is 12.9. The van der Waals surface area contributed by atoms with E-state index < -0.39 is 6.10 Å². The van der Waals surface area contributed by atoms with Crippen molar-refractivity contribution in [3.05, 3.63) is 47.0 Å². The molecule has 2 aliphatic rings. The van der Waals surface area contributed by atoms with Crippen molar-refractivity contribution in [3.63, 3.8) is 0 Å². The summed E-state index contributed by atoms with van der Waals surface area (Å²) >= 11 is 0. The van der Waals surface area contributed by atoms with E-state index in [1.54, 1.807) is 0 Å². The quantitative estimate of drug-likeness (QED) is 0.822. The van der Waals surface area contributed by atoms with Gasteiger partial charge in [0.1, 0.15) is 12.2 Å². The van der Waals surface area contributed by atoms with Gasteiger partial charge in [-0.25, -0.2) is 0 Å². The topological polar surface area (TPSA) is 29.5 Å². The predicted octanol–water partition coefficient (Wildman–Crippen LogP) is 3.55. The molecule has 19 heavy (non-hydrogen) atoms. The molecule has 0 saturated carbocycles. The normalized spacial score (nSPS) is 25.1. The third-order valence-corrected chi connectivity index (χ3v) is 4.27. The Balaban J connectivity index is 1.84. The number of aliphatic hydroxyl groups excluding tert-OH is 1. The first-order valence-electron chi connectivity index (χ1n) is 7.42. The number of aliphatic hydroxyl groups is 1. The molecule has 1 aromatic carbocycles. The maximum absolute atomic E-state index is 10.7. The molecule has 0 bridgehead atoms. The molecule has 1 N–H and O–H groups in total. The van der Waals surface area contributed by atoms with Crippen LogP contribution in [0.15, 0.2) is 35.9 Å². The van der Waals surface area contributed by atoms with Crippen molar-refractivity contribution < 1.29 is 9.84 Å². The standard InChI is InChI=1S/C17H22O2/c18-16(14-8-3-1-2-4-9-14)17-15-10-6-5-7-13(15)11-12-19-17/h5-8,10,16-18H,1-4,9,11-12H2. The lowest BCUT2D eigenvalue weighted by Gasteiger charge is -2.31. The second-order valence-corrected chi connectivity index (χ2v) is 5.56. The number of hydrogen-bond acceptors (Lipinski definition) is 2. The van der Waals surface area contributed by atoms with Crippen LogP contribution in [-0.4, -0.2) is 17.8 Å². The van der Waals surface area contributed by atoms with Crippen molar-refractivity contribution in [3.8, 4) is 0 Å². The monoisotopic (exact) mass is 258 g/mol. The van der Waals surface area contributed by atoms with Crippen LogP contribution in [0.3, 0.4) is 0 Å². The third-order valence-electron chi connectivity index (χ3n) is 4.27. The van der Waals surface area contributed by atoms with Crippen LogP contribution in [0.2, 0.25) is 0 Å². The summed E-state index contributed by atoms with van der Waals surface area (Å²) in [5, 5.41) is 10.7. The van der Waals surface area contributed by atoms with Crippen LogP contribution in [0.1, 0.15) is 49.3 Å². The van der Waals surface area contributed by atoms with Crippen molar-refractivity contribution in [1.82, 2.24) is 0 Å². The summed E-state index contributed by atoms with van der Waals surface area (Å²) < 4.78 is 5.87. The minimum Gasteiger partial charge on any atom is -0.386 e. The Hall–Kier alpha value is -1.12. The Bertz CT molecular complexity index is 464. The zero-order valence-electron chi connectivity index (χ0n) is 11.3. The molecule has 1 aliphatic carbocycles. The van der Waals surface area contributed by atoms with Gasteiger partial charge in [-0.15, -0.1) is 0 Å². The summed E-state index contributed by atoms with van der Waals surface area (Å²) in [6, 6.07) is 8.35. The van der Waals surface area contributed by atoms with Crippen LogP contribution in [-0.2, 0) is 11.2 Å². The molecular formula is C17H22O2. The molecule has 2 atom stereocenters. The Morgan fingerprint density at radius 3 is 2.95 bits per heavy atom. The summed E-state index contributed by atoms with van der Waals surface area (Å²) in [4.78, 5) is 0. The Kier molecular flexibility index (Phi) is 4.00. The molecule has 0 radical (unpaired) electrons. The molecule has 0 spiro atoms. The summed E-state index contributed by atoms with van der Waals surface area (Å²) in [5.74, 6) is 0. The van der Waals surface area contributed by atoms with Crippen molar-refractivity contribution in [1.29, 1.82) is 0 Å². The molecule has 0 amide bonds. The zero-order valence-corrected chi connectivity index (χ0v) is 11.3. The van der Waals surface area contributed by atoms with Gasteiger partial charge in [-0.1, -0.05) is 36.8 Å². The second-order valence-electron chi connectivity index (χ2n) is 5.56. The lowest BCUT2D eigenvalue weighted by molar-refractivity contribution is -0.0326. The van der Waals surface area contributed by atoms with Gasteiger partial charge in [-0.05, 0) is 48.8 Å². The fraction of sp³-hybridized carbons (Fsp3) is 0.529. The van der Waals surface area contributed by atoms with E-state index in [4.69, 9.17) is 4.74 Å². The van der Waals surface area contributed by atoms with Gasteiger partial charge in [0.2, 0.25) is 0 Å². The number of hydrogen-bond donors (Lipinski definition) is 1. The van der Waals surface area contributed by atoms with E-state index >= 15 is 0 Å². The van der Waals surface area contributed by atoms with E-state index in [1.807, 2.05) is 6.07 Å². The van der Waals surface area contributed by atoms with Crippen LogP contribution in [0, 0.1) is 0 Å². The van der Waals surface area contributed by atoms with Gasteiger partial charge in [-0.2, -0.15) is 0 Å². The lowest BCUT2D eigenvalue weighted by Crippen LogP contribution is -2.28. The molecular weight excluding hydrogens is 236 g/mol. The van der Waals surface area contributed by atoms with Crippen LogP contribution in [0.4, 0.5) is 0 Å². The first-order valence-corrected chi connectivity index (χ1v) is 7.42. The number of fused-ring (bicyclic) bond motifs is 1. The highest BCUT2D eigenvalue weighted by atomic mass is 16.5. The predicted molar refractivity (Wildman–Crippen MR) is 76.0 cm³/mol. The van der Waals surface area contributed by atoms with Gasteiger partial charge < -0.3 is 9.84 Å². The number of ether oxygens (including phenoxy) is 1. The van der Waals surface area contributed by atoms with Crippen LogP contribution < -0.4 is 0 Å². The van der Waals surface area contributed by atoms with Gasteiger partial charge >= 0.3 is 0 Å². The molecule has 0 saturated heterocycles.